The molecule has 2 aromatic heterocycles. The lowest BCUT2D eigenvalue weighted by Gasteiger charge is -2.04. The molecule has 0 aromatic carbocycles. The largest absolute Gasteiger partial charge is 0.300 e. The molecule has 4 nitrogen and oxygen atoms in total. The summed E-state index contributed by atoms with van der Waals surface area (Å²) < 4.78 is 0. The highest BCUT2D eigenvalue weighted by Crippen LogP contribution is 2.33. The van der Waals surface area contributed by atoms with Crippen LogP contribution in [-0.2, 0) is 11.2 Å². The quantitative estimate of drug-likeness (QED) is 0.353. The summed E-state index contributed by atoms with van der Waals surface area (Å²) in [5.41, 5.74) is 0.635. The van der Waals surface area contributed by atoms with Gasteiger partial charge >= 0.3 is 0 Å². The van der Waals surface area contributed by atoms with Gasteiger partial charge in [-0.1, -0.05) is 27.2 Å². The fourth-order valence-electron chi connectivity index (χ4n) is 2.70. The molecule has 0 aliphatic heterocycles. The monoisotopic (exact) mass is 392 g/mol. The molecule has 0 unspecified atom stereocenters. The SMILES string of the molecule is CCC(=O)CCCCCC(=O)c1nc(-c2ncc(C)s2)sc1CC(C)C. The maximum Gasteiger partial charge on any atom is 0.182 e. The normalized spacial score (nSPS) is 11.3. The van der Waals surface area contributed by atoms with Gasteiger partial charge < -0.3 is 0 Å². The van der Waals surface area contributed by atoms with E-state index in [1.165, 1.54) is 0 Å². The van der Waals surface area contributed by atoms with Crippen LogP contribution in [0.5, 0.6) is 0 Å². The third-order valence-electron chi connectivity index (χ3n) is 4.11. The Balaban J connectivity index is 2.02. The van der Waals surface area contributed by atoms with Crippen molar-refractivity contribution >= 4 is 34.2 Å². The Kier molecular flexibility index (Phi) is 8.10. The Morgan fingerprint density at radius 1 is 1.08 bits per heavy atom. The molecule has 2 rings (SSSR count). The Bertz CT molecular complexity index is 747. The van der Waals surface area contributed by atoms with Gasteiger partial charge in [0, 0.05) is 35.2 Å². The van der Waals surface area contributed by atoms with Crippen LogP contribution in [0.3, 0.4) is 0 Å². The summed E-state index contributed by atoms with van der Waals surface area (Å²) in [6, 6.07) is 0. The van der Waals surface area contributed by atoms with E-state index in [9.17, 15) is 9.59 Å². The van der Waals surface area contributed by atoms with E-state index in [0.29, 0.717) is 36.7 Å². The second kappa shape index (κ2) is 10.1. The maximum atomic E-state index is 12.7. The van der Waals surface area contributed by atoms with E-state index in [2.05, 4.69) is 23.8 Å². The number of carbonyl (C=O) groups excluding carboxylic acids is 2. The molecule has 2 aromatic rings. The lowest BCUT2D eigenvalue weighted by Crippen LogP contribution is -2.05. The number of carbonyl (C=O) groups is 2. The predicted molar refractivity (Wildman–Crippen MR) is 109 cm³/mol. The molecule has 2 heterocycles. The van der Waals surface area contributed by atoms with Crippen molar-refractivity contribution in [3.8, 4) is 10.0 Å². The van der Waals surface area contributed by atoms with Gasteiger partial charge in [-0.25, -0.2) is 9.97 Å². The molecule has 0 fully saturated rings. The molecule has 0 saturated carbocycles. The number of Topliss-reactive ketones (excluding diaryl/α,β-unsaturated/α-hetero) is 2. The zero-order valence-corrected chi connectivity index (χ0v) is 17.8. The predicted octanol–water partition coefficient (Wildman–Crippen LogP) is 5.89. The molecule has 0 atom stereocenters. The summed E-state index contributed by atoms with van der Waals surface area (Å²) in [5.74, 6) is 0.907. The zero-order valence-electron chi connectivity index (χ0n) is 16.1. The van der Waals surface area contributed by atoms with Crippen molar-refractivity contribution in [1.29, 1.82) is 0 Å². The standard InChI is InChI=1S/C20H28N2O2S2/c1-5-15(23)9-7-6-8-10-16(24)18-17(11-13(2)3)26-20(22-18)19-21-12-14(4)25-19/h12-13H,5-11H2,1-4H3. The number of aromatic nitrogens is 2. The molecule has 0 N–H and O–H groups in total. The number of aryl methyl sites for hydroxylation is 1. The molecule has 0 saturated heterocycles. The maximum absolute atomic E-state index is 12.7. The molecule has 0 bridgehead atoms. The van der Waals surface area contributed by atoms with E-state index in [1.807, 2.05) is 20.0 Å². The van der Waals surface area contributed by atoms with E-state index in [1.54, 1.807) is 22.7 Å². The van der Waals surface area contributed by atoms with Crippen LogP contribution in [0, 0.1) is 12.8 Å². The molecule has 0 aliphatic rings. The Morgan fingerprint density at radius 2 is 1.81 bits per heavy atom. The zero-order chi connectivity index (χ0) is 19.1. The summed E-state index contributed by atoms with van der Waals surface area (Å²) in [5, 5.41) is 1.75. The van der Waals surface area contributed by atoms with Gasteiger partial charge in [-0.2, -0.15) is 0 Å². The number of unbranched alkanes of at least 4 members (excludes halogenated alkanes) is 2. The second-order valence-electron chi connectivity index (χ2n) is 7.04. The van der Waals surface area contributed by atoms with Crippen LogP contribution >= 0.6 is 22.7 Å². The molecule has 0 radical (unpaired) electrons. The number of rotatable bonds is 11. The van der Waals surface area contributed by atoms with Crippen LogP contribution in [0.4, 0.5) is 0 Å². The van der Waals surface area contributed by atoms with Gasteiger partial charge in [-0.05, 0) is 32.1 Å². The van der Waals surface area contributed by atoms with E-state index >= 15 is 0 Å². The van der Waals surface area contributed by atoms with Crippen LogP contribution in [0.1, 0.15) is 79.5 Å². The third-order valence-corrected chi connectivity index (χ3v) is 6.25. The Labute approximate surface area is 164 Å². The highest BCUT2D eigenvalue weighted by molar-refractivity contribution is 7.21. The molecular formula is C20H28N2O2S2. The Morgan fingerprint density at radius 3 is 2.42 bits per heavy atom. The molecule has 6 heteroatoms. The first-order chi connectivity index (χ1) is 12.4. The molecule has 0 amide bonds. The topological polar surface area (TPSA) is 59.9 Å². The highest BCUT2D eigenvalue weighted by Gasteiger charge is 2.20. The van der Waals surface area contributed by atoms with E-state index in [4.69, 9.17) is 0 Å². The van der Waals surface area contributed by atoms with Crippen LogP contribution in [0.2, 0.25) is 0 Å². The van der Waals surface area contributed by atoms with Crippen LogP contribution < -0.4 is 0 Å². The molecular weight excluding hydrogens is 364 g/mol. The van der Waals surface area contributed by atoms with Crippen molar-refractivity contribution in [2.45, 2.75) is 72.6 Å². The minimum atomic E-state index is 0.123. The minimum absolute atomic E-state index is 0.123. The van der Waals surface area contributed by atoms with Crippen molar-refractivity contribution in [1.82, 2.24) is 9.97 Å². The van der Waals surface area contributed by atoms with Crippen molar-refractivity contribution in [2.24, 2.45) is 5.92 Å². The van der Waals surface area contributed by atoms with Gasteiger partial charge in [-0.15, -0.1) is 22.7 Å². The lowest BCUT2D eigenvalue weighted by atomic mass is 10.0. The summed E-state index contributed by atoms with van der Waals surface area (Å²) in [6.07, 6.45) is 7.07. The first-order valence-electron chi connectivity index (χ1n) is 9.38. The van der Waals surface area contributed by atoms with E-state index in [0.717, 1.165) is 45.5 Å². The number of thiazole rings is 2. The van der Waals surface area contributed by atoms with Gasteiger partial charge in [0.1, 0.15) is 11.5 Å². The Hall–Kier alpha value is -1.40. The average molecular weight is 393 g/mol. The van der Waals surface area contributed by atoms with Crippen molar-refractivity contribution in [2.75, 3.05) is 0 Å². The van der Waals surface area contributed by atoms with E-state index in [-0.39, 0.29) is 5.78 Å². The van der Waals surface area contributed by atoms with Gasteiger partial charge in [0.2, 0.25) is 0 Å². The average Bonchev–Trinajstić information content (AvgIpc) is 3.20. The minimum Gasteiger partial charge on any atom is -0.300 e. The van der Waals surface area contributed by atoms with Gasteiger partial charge in [0.05, 0.1) is 0 Å². The smallest absolute Gasteiger partial charge is 0.182 e. The summed E-state index contributed by atoms with van der Waals surface area (Å²) in [7, 11) is 0. The van der Waals surface area contributed by atoms with Crippen molar-refractivity contribution in [3.05, 3.63) is 21.6 Å². The van der Waals surface area contributed by atoms with Crippen LogP contribution in [0.15, 0.2) is 6.20 Å². The second-order valence-corrected chi connectivity index (χ2v) is 9.36. The number of ketones is 2. The number of nitrogens with zero attached hydrogens (tertiary/aromatic N) is 2. The highest BCUT2D eigenvalue weighted by atomic mass is 32.1. The van der Waals surface area contributed by atoms with Gasteiger partial charge in [0.25, 0.3) is 0 Å². The third kappa shape index (κ3) is 6.09. The molecule has 142 valence electrons. The first kappa shape index (κ1) is 20.9. The molecule has 0 spiro atoms. The first-order valence-corrected chi connectivity index (χ1v) is 11.0. The van der Waals surface area contributed by atoms with Crippen molar-refractivity contribution < 1.29 is 9.59 Å². The lowest BCUT2D eigenvalue weighted by molar-refractivity contribution is -0.118. The summed E-state index contributed by atoms with van der Waals surface area (Å²) in [6.45, 7) is 8.24. The fraction of sp³-hybridized carbons (Fsp3) is 0.600. The summed E-state index contributed by atoms with van der Waals surface area (Å²) >= 11 is 3.22. The summed E-state index contributed by atoms with van der Waals surface area (Å²) in [4.78, 5) is 35.3. The van der Waals surface area contributed by atoms with E-state index < -0.39 is 0 Å². The number of hydrogen-bond acceptors (Lipinski definition) is 6. The van der Waals surface area contributed by atoms with Gasteiger partial charge in [-0.3, -0.25) is 9.59 Å². The van der Waals surface area contributed by atoms with Crippen LogP contribution in [-0.4, -0.2) is 21.5 Å². The number of hydrogen-bond donors (Lipinski definition) is 0. The van der Waals surface area contributed by atoms with Crippen molar-refractivity contribution in [3.63, 3.8) is 0 Å². The van der Waals surface area contributed by atoms with Crippen LogP contribution in [0.25, 0.3) is 10.0 Å². The van der Waals surface area contributed by atoms with Gasteiger partial charge in [0.15, 0.2) is 15.8 Å². The molecule has 26 heavy (non-hydrogen) atoms. The molecule has 0 aliphatic carbocycles. The fourth-order valence-corrected chi connectivity index (χ4v) is 4.79.